The van der Waals surface area contributed by atoms with Gasteiger partial charge in [-0.2, -0.15) is 0 Å². The molecule has 24 heavy (non-hydrogen) atoms. The van der Waals surface area contributed by atoms with Gasteiger partial charge < -0.3 is 4.74 Å². The Bertz CT molecular complexity index is 522. The van der Waals surface area contributed by atoms with Gasteiger partial charge in [-0.25, -0.2) is 8.78 Å². The van der Waals surface area contributed by atoms with Gasteiger partial charge in [0.15, 0.2) is 11.6 Å². The number of halogens is 2. The molecule has 1 fully saturated rings. The molecule has 1 aromatic carbocycles. The van der Waals surface area contributed by atoms with Gasteiger partial charge in [-0.3, -0.25) is 4.79 Å². The zero-order valence-corrected chi connectivity index (χ0v) is 14.5. The van der Waals surface area contributed by atoms with Crippen molar-refractivity contribution in [1.82, 2.24) is 0 Å². The summed E-state index contributed by atoms with van der Waals surface area (Å²) >= 11 is 0. The molecule has 1 aromatic rings. The second kappa shape index (κ2) is 9.75. The van der Waals surface area contributed by atoms with Crippen LogP contribution in [0.1, 0.15) is 71.1 Å². The van der Waals surface area contributed by atoms with E-state index in [4.69, 9.17) is 4.74 Å². The van der Waals surface area contributed by atoms with Crippen LogP contribution in [0.25, 0.3) is 0 Å². The molecule has 1 aliphatic carbocycles. The second-order valence-corrected chi connectivity index (χ2v) is 6.97. The Labute approximate surface area is 143 Å². The normalized spacial score (nSPS) is 20.8. The summed E-state index contributed by atoms with van der Waals surface area (Å²) in [5.41, 5.74) is 0. The Balaban J connectivity index is 1.65. The van der Waals surface area contributed by atoms with Crippen molar-refractivity contribution in [3.05, 3.63) is 29.8 Å². The summed E-state index contributed by atoms with van der Waals surface area (Å²) in [6.45, 7) is 2.23. The van der Waals surface area contributed by atoms with Gasteiger partial charge >= 0.3 is 5.97 Å². The van der Waals surface area contributed by atoms with E-state index in [-0.39, 0.29) is 11.7 Å². The highest BCUT2D eigenvalue weighted by atomic mass is 19.2. The number of hydrogen-bond acceptors (Lipinski definition) is 2. The van der Waals surface area contributed by atoms with Crippen LogP contribution in [0, 0.1) is 23.5 Å². The Morgan fingerprint density at radius 3 is 2.33 bits per heavy atom. The molecule has 0 aromatic heterocycles. The number of carbonyl (C=O) groups excluding carboxylic acids is 1. The summed E-state index contributed by atoms with van der Waals surface area (Å²) in [7, 11) is 0. The number of unbranched alkanes of at least 4 members (excludes halogenated alkanes) is 2. The number of ether oxygens (including phenoxy) is 1. The Morgan fingerprint density at radius 1 is 1.04 bits per heavy atom. The minimum absolute atomic E-state index is 0.0681. The third-order valence-corrected chi connectivity index (χ3v) is 5.06. The van der Waals surface area contributed by atoms with Crippen LogP contribution in [-0.2, 0) is 4.79 Å². The van der Waals surface area contributed by atoms with Crippen molar-refractivity contribution >= 4 is 5.97 Å². The first-order chi connectivity index (χ1) is 11.6. The summed E-state index contributed by atoms with van der Waals surface area (Å²) in [5.74, 6) is -0.788. The smallest absolute Gasteiger partial charge is 0.311 e. The van der Waals surface area contributed by atoms with Gasteiger partial charge in [-0.15, -0.1) is 0 Å². The highest BCUT2D eigenvalue weighted by molar-refractivity contribution is 5.72. The molecule has 0 N–H and O–H groups in total. The quantitative estimate of drug-likeness (QED) is 0.328. The molecule has 0 spiro atoms. The first-order valence-electron chi connectivity index (χ1n) is 9.24. The molecular formula is C20H28F2O2. The van der Waals surface area contributed by atoms with Gasteiger partial charge in [-0.05, 0) is 30.4 Å². The van der Waals surface area contributed by atoms with Crippen LogP contribution in [0.4, 0.5) is 8.78 Å². The third-order valence-electron chi connectivity index (χ3n) is 5.06. The van der Waals surface area contributed by atoms with Crippen molar-refractivity contribution in [2.45, 2.75) is 71.1 Å². The highest BCUT2D eigenvalue weighted by Crippen LogP contribution is 2.34. The molecule has 0 aliphatic heterocycles. The molecular weight excluding hydrogens is 310 g/mol. The highest BCUT2D eigenvalue weighted by Gasteiger charge is 2.21. The summed E-state index contributed by atoms with van der Waals surface area (Å²) in [6, 6.07) is 3.16. The monoisotopic (exact) mass is 338 g/mol. The molecule has 2 nitrogen and oxygen atoms in total. The number of esters is 1. The fourth-order valence-electron chi connectivity index (χ4n) is 3.54. The van der Waals surface area contributed by atoms with Crippen molar-refractivity contribution in [1.29, 1.82) is 0 Å². The van der Waals surface area contributed by atoms with E-state index < -0.39 is 11.6 Å². The Morgan fingerprint density at radius 2 is 1.71 bits per heavy atom. The summed E-state index contributed by atoms with van der Waals surface area (Å²) in [4.78, 5) is 11.9. The van der Waals surface area contributed by atoms with Crippen LogP contribution in [0.5, 0.6) is 5.75 Å². The van der Waals surface area contributed by atoms with E-state index in [1.807, 2.05) is 0 Å². The van der Waals surface area contributed by atoms with E-state index in [2.05, 4.69) is 6.92 Å². The number of carbonyl (C=O) groups is 1. The molecule has 0 heterocycles. The number of rotatable bonds is 8. The van der Waals surface area contributed by atoms with Crippen LogP contribution >= 0.6 is 0 Å². The standard InChI is InChI=1S/C20H28F2O2/c1-2-3-4-5-15-6-8-16(9-7-15)10-13-20(23)24-17-11-12-18(21)19(22)14-17/h11-12,14-16H,2-10,13H2,1H3/t15-,16-. The SMILES string of the molecule is CCCCC[C@H]1CC[C@H](CCC(=O)Oc2ccc(F)c(F)c2)CC1. The van der Waals surface area contributed by atoms with Gasteiger partial charge in [0, 0.05) is 12.5 Å². The van der Waals surface area contributed by atoms with Crippen molar-refractivity contribution in [3.63, 3.8) is 0 Å². The van der Waals surface area contributed by atoms with E-state index in [1.165, 1.54) is 57.4 Å². The van der Waals surface area contributed by atoms with Gasteiger partial charge in [-0.1, -0.05) is 58.3 Å². The lowest BCUT2D eigenvalue weighted by Gasteiger charge is -2.28. The maximum atomic E-state index is 13.1. The molecule has 134 valence electrons. The van der Waals surface area contributed by atoms with Gasteiger partial charge in [0.1, 0.15) is 5.75 Å². The lowest BCUT2D eigenvalue weighted by Crippen LogP contribution is -2.17. The minimum Gasteiger partial charge on any atom is -0.426 e. The second-order valence-electron chi connectivity index (χ2n) is 6.97. The van der Waals surface area contributed by atoms with Crippen molar-refractivity contribution in [3.8, 4) is 5.75 Å². The van der Waals surface area contributed by atoms with E-state index >= 15 is 0 Å². The summed E-state index contributed by atoms with van der Waals surface area (Å²) in [6.07, 6.45) is 11.4. The van der Waals surface area contributed by atoms with Gasteiger partial charge in [0.05, 0.1) is 0 Å². The predicted octanol–water partition coefficient (Wildman–Crippen LogP) is 6.04. The zero-order chi connectivity index (χ0) is 17.4. The lowest BCUT2D eigenvalue weighted by atomic mass is 9.78. The molecule has 4 heteroatoms. The van der Waals surface area contributed by atoms with E-state index in [9.17, 15) is 13.6 Å². The largest absolute Gasteiger partial charge is 0.426 e. The molecule has 0 unspecified atom stereocenters. The predicted molar refractivity (Wildman–Crippen MR) is 90.8 cm³/mol. The third kappa shape index (κ3) is 6.21. The van der Waals surface area contributed by atoms with Gasteiger partial charge in [0.2, 0.25) is 0 Å². The van der Waals surface area contributed by atoms with Gasteiger partial charge in [0.25, 0.3) is 0 Å². The molecule has 0 bridgehead atoms. The van der Waals surface area contributed by atoms with Crippen LogP contribution in [0.2, 0.25) is 0 Å². The van der Waals surface area contributed by atoms with E-state index in [0.717, 1.165) is 24.5 Å². The lowest BCUT2D eigenvalue weighted by molar-refractivity contribution is -0.134. The fourth-order valence-corrected chi connectivity index (χ4v) is 3.54. The first kappa shape index (κ1) is 18.9. The average molecular weight is 338 g/mol. The van der Waals surface area contributed by atoms with Crippen LogP contribution in [-0.4, -0.2) is 5.97 Å². The first-order valence-corrected chi connectivity index (χ1v) is 9.24. The fraction of sp³-hybridized carbons (Fsp3) is 0.650. The van der Waals surface area contributed by atoms with E-state index in [1.54, 1.807) is 0 Å². The van der Waals surface area contributed by atoms with E-state index in [0.29, 0.717) is 12.3 Å². The van der Waals surface area contributed by atoms with Crippen LogP contribution in [0.15, 0.2) is 18.2 Å². The molecule has 1 aliphatic rings. The maximum absolute atomic E-state index is 13.1. The topological polar surface area (TPSA) is 26.3 Å². The maximum Gasteiger partial charge on any atom is 0.311 e. The van der Waals surface area contributed by atoms with Crippen molar-refractivity contribution in [2.24, 2.45) is 11.8 Å². The summed E-state index contributed by atoms with van der Waals surface area (Å²) < 4.78 is 31.0. The molecule has 0 radical (unpaired) electrons. The van der Waals surface area contributed by atoms with Crippen molar-refractivity contribution in [2.75, 3.05) is 0 Å². The van der Waals surface area contributed by atoms with Crippen LogP contribution < -0.4 is 4.74 Å². The minimum atomic E-state index is -0.998. The summed E-state index contributed by atoms with van der Waals surface area (Å²) in [5, 5.41) is 0. The molecule has 0 saturated heterocycles. The number of hydrogen-bond donors (Lipinski definition) is 0. The Hall–Kier alpha value is -1.45. The zero-order valence-electron chi connectivity index (χ0n) is 14.5. The van der Waals surface area contributed by atoms with Crippen LogP contribution in [0.3, 0.4) is 0 Å². The molecule has 0 amide bonds. The number of benzene rings is 1. The molecule has 2 rings (SSSR count). The van der Waals surface area contributed by atoms with Crippen molar-refractivity contribution < 1.29 is 18.3 Å². The molecule has 0 atom stereocenters. The Kier molecular flexibility index (Phi) is 7.67. The molecule has 1 saturated carbocycles. The average Bonchev–Trinajstić information content (AvgIpc) is 2.58.